The zero-order chi connectivity index (χ0) is 31.7. The van der Waals surface area contributed by atoms with Crippen LogP contribution in [0.5, 0.6) is 5.75 Å². The fraction of sp³-hybridized carbons (Fsp3) is 0.316. The van der Waals surface area contributed by atoms with Gasteiger partial charge in [0.2, 0.25) is 0 Å². The van der Waals surface area contributed by atoms with Crippen LogP contribution in [0.2, 0.25) is 0 Å². The number of hydrogen-bond acceptors (Lipinski definition) is 4. The lowest BCUT2D eigenvalue weighted by atomic mass is 9.94. The highest BCUT2D eigenvalue weighted by atomic mass is 16.5. The first kappa shape index (κ1) is 32.3. The maximum absolute atomic E-state index is 13.0. The van der Waals surface area contributed by atoms with Crippen LogP contribution >= 0.6 is 0 Å². The Labute approximate surface area is 261 Å². The molecule has 4 rings (SSSR count). The Morgan fingerprint density at radius 3 is 1.77 bits per heavy atom. The van der Waals surface area contributed by atoms with Crippen molar-refractivity contribution in [1.82, 2.24) is 5.32 Å². The molecule has 0 bridgehead atoms. The summed E-state index contributed by atoms with van der Waals surface area (Å²) in [5.41, 5.74) is 6.02. The molecular weight excluding hydrogens is 548 g/mol. The van der Waals surface area contributed by atoms with Gasteiger partial charge in [0.1, 0.15) is 5.75 Å². The Morgan fingerprint density at radius 1 is 0.750 bits per heavy atom. The lowest BCUT2D eigenvalue weighted by molar-refractivity contribution is -0.158. The van der Waals surface area contributed by atoms with Crippen LogP contribution in [0.3, 0.4) is 0 Å². The Kier molecular flexibility index (Phi) is 10.8. The van der Waals surface area contributed by atoms with Crippen LogP contribution in [0.4, 0.5) is 5.69 Å². The van der Waals surface area contributed by atoms with Gasteiger partial charge in [0.15, 0.2) is 0 Å². The molecule has 1 amide bonds. The largest absolute Gasteiger partial charge is 0.477 e. The number of ether oxygens (including phenoxy) is 1. The maximum atomic E-state index is 13.0. The highest BCUT2D eigenvalue weighted by Gasteiger charge is 2.42. The van der Waals surface area contributed by atoms with Crippen molar-refractivity contribution in [3.8, 4) is 5.75 Å². The van der Waals surface area contributed by atoms with Crippen LogP contribution in [0.1, 0.15) is 89.8 Å². The molecule has 0 fully saturated rings. The molecule has 0 aliphatic heterocycles. The normalized spacial score (nSPS) is 12.4. The standard InChI is InChI=1S/C38H44N2O4/c1-6-12-28-16-20-30(21-17-28)35(31-22-18-29(13-7-2)19-23-31)39-33-24-25-34(27(5)26(33)4)44-38(8-3,37(42)43)40-36(41)32-14-10-9-11-15-32/h9-11,14-25,35,39H,6-8,12-13H2,1-5H3,(H,40,41)(H,42,43). The number of carbonyl (C=O) groups is 2. The Bertz CT molecular complexity index is 1500. The summed E-state index contributed by atoms with van der Waals surface area (Å²) in [5, 5.41) is 16.6. The topological polar surface area (TPSA) is 87.7 Å². The third-order valence-electron chi connectivity index (χ3n) is 8.22. The van der Waals surface area contributed by atoms with Crippen molar-refractivity contribution in [3.63, 3.8) is 0 Å². The fourth-order valence-corrected chi connectivity index (χ4v) is 5.38. The highest BCUT2D eigenvalue weighted by molar-refractivity contribution is 5.97. The Hall–Kier alpha value is -4.58. The molecule has 0 saturated heterocycles. The molecule has 1 atom stereocenters. The maximum Gasteiger partial charge on any atom is 0.370 e. The summed E-state index contributed by atoms with van der Waals surface area (Å²) in [6, 6.07) is 29.7. The molecule has 6 nitrogen and oxygen atoms in total. The number of benzene rings is 4. The molecule has 4 aromatic carbocycles. The van der Waals surface area contributed by atoms with Gasteiger partial charge in [-0.1, -0.05) is 100 Å². The van der Waals surface area contributed by atoms with E-state index in [0.717, 1.165) is 53.6 Å². The Morgan fingerprint density at radius 2 is 1.30 bits per heavy atom. The van der Waals surface area contributed by atoms with E-state index in [-0.39, 0.29) is 12.5 Å². The van der Waals surface area contributed by atoms with Crippen molar-refractivity contribution >= 4 is 17.6 Å². The predicted octanol–water partition coefficient (Wildman–Crippen LogP) is 8.41. The minimum atomic E-state index is -1.93. The van der Waals surface area contributed by atoms with E-state index in [2.05, 4.69) is 73.0 Å². The Balaban J connectivity index is 1.65. The molecule has 44 heavy (non-hydrogen) atoms. The number of nitrogens with one attached hydrogen (secondary N) is 2. The summed E-state index contributed by atoms with van der Waals surface area (Å²) < 4.78 is 6.16. The number of carboxylic acid groups (broad SMARTS) is 1. The summed E-state index contributed by atoms with van der Waals surface area (Å²) in [5.74, 6) is -1.38. The van der Waals surface area contributed by atoms with Gasteiger partial charge in [-0.25, -0.2) is 4.79 Å². The van der Waals surface area contributed by atoms with Gasteiger partial charge in [-0.2, -0.15) is 0 Å². The lowest BCUT2D eigenvalue weighted by Gasteiger charge is -2.31. The van der Waals surface area contributed by atoms with Crippen molar-refractivity contribution in [2.75, 3.05) is 5.32 Å². The van der Waals surface area contributed by atoms with Crippen molar-refractivity contribution in [2.24, 2.45) is 0 Å². The van der Waals surface area contributed by atoms with Crippen molar-refractivity contribution in [2.45, 2.75) is 78.5 Å². The van der Waals surface area contributed by atoms with E-state index in [1.807, 2.05) is 19.9 Å². The van der Waals surface area contributed by atoms with E-state index in [9.17, 15) is 14.7 Å². The number of aryl methyl sites for hydroxylation is 2. The summed E-state index contributed by atoms with van der Waals surface area (Å²) in [6.45, 7) is 9.96. The second kappa shape index (κ2) is 14.7. The molecule has 0 spiro atoms. The van der Waals surface area contributed by atoms with E-state index in [4.69, 9.17) is 4.74 Å². The molecule has 0 aliphatic carbocycles. The first-order chi connectivity index (χ1) is 21.2. The van der Waals surface area contributed by atoms with Crippen molar-refractivity contribution in [1.29, 1.82) is 0 Å². The lowest BCUT2D eigenvalue weighted by Crippen LogP contribution is -2.58. The molecule has 0 heterocycles. The molecule has 3 N–H and O–H groups in total. The second-order valence-corrected chi connectivity index (χ2v) is 11.3. The molecule has 0 saturated carbocycles. The van der Waals surface area contributed by atoms with E-state index < -0.39 is 17.6 Å². The average Bonchev–Trinajstić information content (AvgIpc) is 3.04. The zero-order valence-corrected chi connectivity index (χ0v) is 26.4. The quantitative estimate of drug-likeness (QED) is 0.128. The molecular formula is C38H44N2O4. The smallest absolute Gasteiger partial charge is 0.370 e. The number of anilines is 1. The SMILES string of the molecule is CCCc1ccc(C(Nc2ccc(OC(CC)(NC(=O)c3ccccc3)C(=O)O)c(C)c2C)c2ccc(CCC)cc2)cc1. The van der Waals surface area contributed by atoms with Gasteiger partial charge in [-0.15, -0.1) is 0 Å². The van der Waals surface area contributed by atoms with Gasteiger partial charge in [0.25, 0.3) is 11.6 Å². The number of carbonyl (C=O) groups excluding carboxylic acids is 1. The van der Waals surface area contributed by atoms with Gasteiger partial charge in [0, 0.05) is 17.7 Å². The number of aliphatic carboxylic acids is 1. The van der Waals surface area contributed by atoms with E-state index >= 15 is 0 Å². The monoisotopic (exact) mass is 592 g/mol. The molecule has 0 aliphatic rings. The van der Waals surface area contributed by atoms with Crippen LogP contribution in [0.15, 0.2) is 91.0 Å². The number of rotatable bonds is 14. The van der Waals surface area contributed by atoms with E-state index in [0.29, 0.717) is 11.3 Å². The zero-order valence-electron chi connectivity index (χ0n) is 26.4. The van der Waals surface area contributed by atoms with Gasteiger partial charge in [-0.05, 0) is 84.3 Å². The summed E-state index contributed by atoms with van der Waals surface area (Å²) in [4.78, 5) is 25.5. The molecule has 230 valence electrons. The third-order valence-corrected chi connectivity index (χ3v) is 8.22. The number of amides is 1. The van der Waals surface area contributed by atoms with Crippen LogP contribution in [-0.2, 0) is 17.6 Å². The first-order valence-electron chi connectivity index (χ1n) is 15.6. The summed E-state index contributed by atoms with van der Waals surface area (Å²) in [6.07, 6.45) is 4.33. The number of hydrogen-bond donors (Lipinski definition) is 3. The number of carboxylic acids is 1. The first-order valence-corrected chi connectivity index (χ1v) is 15.6. The molecule has 1 unspecified atom stereocenters. The van der Waals surface area contributed by atoms with Crippen LogP contribution < -0.4 is 15.4 Å². The van der Waals surface area contributed by atoms with Crippen LogP contribution in [0.25, 0.3) is 0 Å². The van der Waals surface area contributed by atoms with Gasteiger partial charge in [-0.3, -0.25) is 4.79 Å². The predicted molar refractivity (Wildman–Crippen MR) is 177 cm³/mol. The minimum absolute atomic E-state index is 0.0313. The van der Waals surface area contributed by atoms with Crippen molar-refractivity contribution in [3.05, 3.63) is 130 Å². The highest BCUT2D eigenvalue weighted by Crippen LogP contribution is 2.35. The molecule has 0 aromatic heterocycles. The van der Waals surface area contributed by atoms with Gasteiger partial charge in [0.05, 0.1) is 6.04 Å². The van der Waals surface area contributed by atoms with E-state index in [1.54, 1.807) is 43.3 Å². The summed E-state index contributed by atoms with van der Waals surface area (Å²) >= 11 is 0. The minimum Gasteiger partial charge on any atom is -0.477 e. The van der Waals surface area contributed by atoms with Crippen molar-refractivity contribution < 1.29 is 19.4 Å². The van der Waals surface area contributed by atoms with Gasteiger partial charge < -0.3 is 20.5 Å². The molecule has 0 radical (unpaired) electrons. The fourth-order valence-electron chi connectivity index (χ4n) is 5.38. The molecule has 4 aromatic rings. The van der Waals surface area contributed by atoms with E-state index in [1.165, 1.54) is 11.1 Å². The summed E-state index contributed by atoms with van der Waals surface area (Å²) in [7, 11) is 0. The van der Waals surface area contributed by atoms with Crippen LogP contribution in [0, 0.1) is 13.8 Å². The average molecular weight is 593 g/mol. The molecule has 6 heteroatoms. The van der Waals surface area contributed by atoms with Gasteiger partial charge >= 0.3 is 5.97 Å². The second-order valence-electron chi connectivity index (χ2n) is 11.3. The third kappa shape index (κ3) is 7.49. The van der Waals surface area contributed by atoms with Crippen LogP contribution in [-0.4, -0.2) is 22.7 Å².